The molecule has 0 unspecified atom stereocenters. The van der Waals surface area contributed by atoms with Crippen molar-refractivity contribution in [2.75, 3.05) is 12.5 Å². The largest absolute Gasteiger partial charge is 0.497 e. The SMILES string of the molecule is COc1ccc(-c2sc3c(NN=Cc4cccs4)ncnc3c2C)cc1. The monoisotopic (exact) mass is 380 g/mol. The molecule has 0 aliphatic rings. The van der Waals surface area contributed by atoms with Crippen molar-refractivity contribution in [2.45, 2.75) is 6.92 Å². The molecule has 3 heterocycles. The second kappa shape index (κ2) is 7.23. The lowest BCUT2D eigenvalue weighted by Gasteiger charge is -2.02. The third-order valence-electron chi connectivity index (χ3n) is 3.96. The number of aromatic nitrogens is 2. The van der Waals surface area contributed by atoms with Crippen molar-refractivity contribution in [1.82, 2.24) is 9.97 Å². The number of hydrazone groups is 1. The van der Waals surface area contributed by atoms with E-state index in [1.807, 2.05) is 29.6 Å². The minimum atomic E-state index is 0.718. The fourth-order valence-corrected chi connectivity index (χ4v) is 4.43. The summed E-state index contributed by atoms with van der Waals surface area (Å²) in [5, 5.41) is 6.33. The van der Waals surface area contributed by atoms with E-state index in [1.165, 1.54) is 4.88 Å². The van der Waals surface area contributed by atoms with Gasteiger partial charge in [0.2, 0.25) is 0 Å². The maximum atomic E-state index is 5.24. The summed E-state index contributed by atoms with van der Waals surface area (Å²) < 4.78 is 6.24. The number of nitrogens with zero attached hydrogens (tertiary/aromatic N) is 3. The Bertz CT molecular complexity index is 1050. The highest BCUT2D eigenvalue weighted by atomic mass is 32.1. The van der Waals surface area contributed by atoms with E-state index in [1.54, 1.807) is 42.3 Å². The zero-order valence-electron chi connectivity index (χ0n) is 14.3. The Morgan fingerprint density at radius 2 is 2.00 bits per heavy atom. The predicted octanol–water partition coefficient (Wildman–Crippen LogP) is 5.18. The number of thiophene rings is 2. The number of ether oxygens (including phenoxy) is 1. The molecule has 130 valence electrons. The van der Waals surface area contributed by atoms with Gasteiger partial charge in [0.1, 0.15) is 12.1 Å². The van der Waals surface area contributed by atoms with E-state index in [0.717, 1.165) is 37.8 Å². The smallest absolute Gasteiger partial charge is 0.167 e. The van der Waals surface area contributed by atoms with Gasteiger partial charge in [-0.2, -0.15) is 5.10 Å². The van der Waals surface area contributed by atoms with Gasteiger partial charge in [-0.3, -0.25) is 5.43 Å². The molecule has 0 amide bonds. The van der Waals surface area contributed by atoms with Crippen LogP contribution in [0.15, 0.2) is 53.2 Å². The molecule has 0 aliphatic heterocycles. The quantitative estimate of drug-likeness (QED) is 0.383. The number of aryl methyl sites for hydroxylation is 1. The van der Waals surface area contributed by atoms with Crippen LogP contribution in [0.3, 0.4) is 0 Å². The van der Waals surface area contributed by atoms with E-state index >= 15 is 0 Å². The van der Waals surface area contributed by atoms with Gasteiger partial charge >= 0.3 is 0 Å². The van der Waals surface area contributed by atoms with Crippen LogP contribution in [0.25, 0.3) is 20.7 Å². The summed E-state index contributed by atoms with van der Waals surface area (Å²) in [5.41, 5.74) is 6.28. The molecular weight excluding hydrogens is 364 g/mol. The van der Waals surface area contributed by atoms with Gasteiger partial charge in [0.25, 0.3) is 0 Å². The predicted molar refractivity (Wildman–Crippen MR) is 110 cm³/mol. The summed E-state index contributed by atoms with van der Waals surface area (Å²) >= 11 is 3.30. The fraction of sp³-hybridized carbons (Fsp3) is 0.105. The summed E-state index contributed by atoms with van der Waals surface area (Å²) in [4.78, 5) is 11.1. The number of hydrogen-bond donors (Lipinski definition) is 1. The first-order valence-corrected chi connectivity index (χ1v) is 9.67. The van der Waals surface area contributed by atoms with Crippen LogP contribution >= 0.6 is 22.7 Å². The van der Waals surface area contributed by atoms with Crippen molar-refractivity contribution < 1.29 is 4.74 Å². The molecular formula is C19H16N4OS2. The third-order valence-corrected chi connectivity index (χ3v) is 6.11. The Balaban J connectivity index is 1.69. The topological polar surface area (TPSA) is 59.4 Å². The van der Waals surface area contributed by atoms with Gasteiger partial charge in [-0.1, -0.05) is 6.07 Å². The number of benzene rings is 1. The zero-order valence-corrected chi connectivity index (χ0v) is 15.9. The number of fused-ring (bicyclic) bond motifs is 1. The minimum Gasteiger partial charge on any atom is -0.497 e. The van der Waals surface area contributed by atoms with Crippen LogP contribution in [0.4, 0.5) is 5.82 Å². The van der Waals surface area contributed by atoms with Crippen molar-refractivity contribution >= 4 is 44.9 Å². The van der Waals surface area contributed by atoms with E-state index in [4.69, 9.17) is 4.74 Å². The highest BCUT2D eigenvalue weighted by Crippen LogP contribution is 2.40. The van der Waals surface area contributed by atoms with Gasteiger partial charge in [0.05, 0.1) is 23.5 Å². The first-order chi connectivity index (χ1) is 12.8. The molecule has 0 fully saturated rings. The van der Waals surface area contributed by atoms with Crippen molar-refractivity contribution in [2.24, 2.45) is 5.10 Å². The van der Waals surface area contributed by atoms with Crippen LogP contribution in [-0.4, -0.2) is 23.3 Å². The molecule has 4 aromatic rings. The maximum Gasteiger partial charge on any atom is 0.167 e. The molecule has 4 rings (SSSR count). The number of methoxy groups -OCH3 is 1. The van der Waals surface area contributed by atoms with Crippen LogP contribution in [0.1, 0.15) is 10.4 Å². The van der Waals surface area contributed by atoms with Crippen LogP contribution in [0.5, 0.6) is 5.75 Å². The first-order valence-electron chi connectivity index (χ1n) is 7.97. The lowest BCUT2D eigenvalue weighted by molar-refractivity contribution is 0.415. The molecule has 0 saturated carbocycles. The Labute approximate surface area is 159 Å². The van der Waals surface area contributed by atoms with Crippen molar-refractivity contribution in [3.8, 4) is 16.2 Å². The van der Waals surface area contributed by atoms with Gasteiger partial charge in [0.15, 0.2) is 5.82 Å². The number of nitrogens with one attached hydrogen (secondary N) is 1. The molecule has 0 atom stereocenters. The molecule has 7 heteroatoms. The van der Waals surface area contributed by atoms with Crippen LogP contribution in [0.2, 0.25) is 0 Å². The molecule has 1 aromatic carbocycles. The van der Waals surface area contributed by atoms with Crippen molar-refractivity contribution in [3.05, 3.63) is 58.5 Å². The number of rotatable bonds is 5. The van der Waals surface area contributed by atoms with Gasteiger partial charge in [-0.15, -0.1) is 22.7 Å². The Kier molecular flexibility index (Phi) is 4.64. The van der Waals surface area contributed by atoms with E-state index in [2.05, 4.69) is 39.6 Å². The lowest BCUT2D eigenvalue weighted by atomic mass is 10.1. The highest BCUT2D eigenvalue weighted by molar-refractivity contribution is 7.23. The number of hydrogen-bond acceptors (Lipinski definition) is 7. The van der Waals surface area contributed by atoms with Gasteiger partial charge in [-0.05, 0) is 53.8 Å². The standard InChI is InChI=1S/C19H16N4OS2/c1-12-16-18(26-17(12)13-5-7-14(24-2)8-6-13)19(21-11-20-16)23-22-10-15-4-3-9-25-15/h3-11H,1-2H3,(H,20,21,23). The van der Waals surface area contributed by atoms with E-state index in [-0.39, 0.29) is 0 Å². The van der Waals surface area contributed by atoms with Crippen LogP contribution in [0, 0.1) is 6.92 Å². The van der Waals surface area contributed by atoms with Gasteiger partial charge < -0.3 is 4.74 Å². The van der Waals surface area contributed by atoms with Crippen LogP contribution < -0.4 is 10.2 Å². The van der Waals surface area contributed by atoms with E-state index in [0.29, 0.717) is 0 Å². The van der Waals surface area contributed by atoms with Crippen molar-refractivity contribution in [3.63, 3.8) is 0 Å². The van der Waals surface area contributed by atoms with Gasteiger partial charge in [0, 0.05) is 9.75 Å². The van der Waals surface area contributed by atoms with E-state index < -0.39 is 0 Å². The summed E-state index contributed by atoms with van der Waals surface area (Å²) in [7, 11) is 1.67. The summed E-state index contributed by atoms with van der Waals surface area (Å²) in [5.74, 6) is 1.56. The Hall–Kier alpha value is -2.77. The average molecular weight is 380 g/mol. The molecule has 26 heavy (non-hydrogen) atoms. The van der Waals surface area contributed by atoms with Gasteiger partial charge in [-0.25, -0.2) is 9.97 Å². The molecule has 3 aromatic heterocycles. The minimum absolute atomic E-state index is 0.718. The highest BCUT2D eigenvalue weighted by Gasteiger charge is 2.15. The molecule has 0 spiro atoms. The Morgan fingerprint density at radius 3 is 2.73 bits per heavy atom. The average Bonchev–Trinajstić information content (AvgIpc) is 3.31. The summed E-state index contributed by atoms with van der Waals surface area (Å²) in [6.07, 6.45) is 3.37. The first kappa shape index (κ1) is 16.7. The maximum absolute atomic E-state index is 5.24. The number of anilines is 1. The molecule has 1 N–H and O–H groups in total. The Morgan fingerprint density at radius 1 is 1.15 bits per heavy atom. The molecule has 0 aliphatic carbocycles. The molecule has 5 nitrogen and oxygen atoms in total. The molecule has 0 bridgehead atoms. The van der Waals surface area contributed by atoms with Crippen molar-refractivity contribution in [1.29, 1.82) is 0 Å². The second-order valence-electron chi connectivity index (χ2n) is 5.57. The summed E-state index contributed by atoms with van der Waals surface area (Å²) in [6.45, 7) is 2.09. The third kappa shape index (κ3) is 3.18. The summed E-state index contributed by atoms with van der Waals surface area (Å²) in [6, 6.07) is 12.1. The second-order valence-corrected chi connectivity index (χ2v) is 7.57. The van der Waals surface area contributed by atoms with Crippen LogP contribution in [-0.2, 0) is 0 Å². The fourth-order valence-electron chi connectivity index (χ4n) is 2.64. The normalized spacial score (nSPS) is 11.3. The van der Waals surface area contributed by atoms with E-state index in [9.17, 15) is 0 Å². The lowest BCUT2D eigenvalue weighted by Crippen LogP contribution is -1.93. The molecule has 0 radical (unpaired) electrons. The zero-order chi connectivity index (χ0) is 17.9. The molecule has 0 saturated heterocycles.